The van der Waals surface area contributed by atoms with Crippen molar-refractivity contribution in [1.82, 2.24) is 4.90 Å². The van der Waals surface area contributed by atoms with Crippen molar-refractivity contribution in [2.24, 2.45) is 0 Å². The first-order valence-electron chi connectivity index (χ1n) is 10.4. The number of ether oxygens (including phenoxy) is 2. The first-order valence-corrected chi connectivity index (χ1v) is 11.9. The van der Waals surface area contributed by atoms with Gasteiger partial charge in [-0.05, 0) is 29.7 Å². The number of benzene rings is 2. The van der Waals surface area contributed by atoms with Crippen LogP contribution in [0.5, 0.6) is 0 Å². The third-order valence-electron chi connectivity index (χ3n) is 5.44. The molecule has 0 saturated carbocycles. The highest BCUT2D eigenvalue weighted by atomic mass is 35.5. The molecule has 0 bridgehead atoms. The number of hydrogen-bond donors (Lipinski definition) is 0. The Balaban J connectivity index is 1.79. The van der Waals surface area contributed by atoms with Crippen molar-refractivity contribution in [3.05, 3.63) is 70.7 Å². The standard InChI is InChI=1S/C24H28ClNO4S/c1-3-20(16-31-15-17-7-5-4-6-8-17)26-21(18-9-11-19(25)12-10-18)14-30-22(24(26)28)13-23(27)29-2/h4-12,20-22H,3,13-16H2,1-2H3. The average molecular weight is 462 g/mol. The number of amides is 1. The Morgan fingerprint density at radius 1 is 1.23 bits per heavy atom. The van der Waals surface area contributed by atoms with Gasteiger partial charge in [0, 0.05) is 22.6 Å². The molecule has 3 rings (SSSR count). The molecule has 3 atom stereocenters. The molecule has 166 valence electrons. The van der Waals surface area contributed by atoms with E-state index in [0.29, 0.717) is 11.6 Å². The summed E-state index contributed by atoms with van der Waals surface area (Å²) in [7, 11) is 1.32. The second kappa shape index (κ2) is 11.6. The predicted octanol–water partition coefficient (Wildman–Crippen LogP) is 4.88. The lowest BCUT2D eigenvalue weighted by molar-refractivity contribution is -0.169. The molecule has 1 heterocycles. The van der Waals surface area contributed by atoms with Crippen molar-refractivity contribution in [2.75, 3.05) is 19.5 Å². The van der Waals surface area contributed by atoms with Crippen LogP contribution in [0.1, 0.15) is 36.9 Å². The lowest BCUT2D eigenvalue weighted by Gasteiger charge is -2.43. The van der Waals surface area contributed by atoms with Gasteiger partial charge in [-0.15, -0.1) is 0 Å². The molecule has 5 nitrogen and oxygen atoms in total. The number of esters is 1. The zero-order valence-electron chi connectivity index (χ0n) is 17.8. The van der Waals surface area contributed by atoms with Gasteiger partial charge < -0.3 is 14.4 Å². The molecular weight excluding hydrogens is 434 g/mol. The summed E-state index contributed by atoms with van der Waals surface area (Å²) in [6.07, 6.45) is -0.0841. The maximum atomic E-state index is 13.4. The van der Waals surface area contributed by atoms with Crippen molar-refractivity contribution in [3.63, 3.8) is 0 Å². The summed E-state index contributed by atoms with van der Waals surface area (Å²) in [5.41, 5.74) is 2.23. The van der Waals surface area contributed by atoms with Gasteiger partial charge >= 0.3 is 5.97 Å². The number of rotatable bonds is 9. The van der Waals surface area contributed by atoms with Crippen LogP contribution >= 0.6 is 23.4 Å². The second-order valence-corrected chi connectivity index (χ2v) is 8.94. The number of thioether (sulfide) groups is 1. The Morgan fingerprint density at radius 3 is 2.58 bits per heavy atom. The largest absolute Gasteiger partial charge is 0.469 e. The van der Waals surface area contributed by atoms with Gasteiger partial charge in [-0.3, -0.25) is 9.59 Å². The number of halogens is 1. The number of carbonyl (C=O) groups is 2. The highest BCUT2D eigenvalue weighted by molar-refractivity contribution is 7.98. The van der Waals surface area contributed by atoms with E-state index >= 15 is 0 Å². The van der Waals surface area contributed by atoms with E-state index in [1.165, 1.54) is 12.7 Å². The fourth-order valence-electron chi connectivity index (χ4n) is 3.72. The van der Waals surface area contributed by atoms with Crippen molar-refractivity contribution < 1.29 is 19.1 Å². The minimum atomic E-state index is -0.816. The van der Waals surface area contributed by atoms with Crippen LogP contribution in [0.4, 0.5) is 0 Å². The molecule has 7 heteroatoms. The molecular formula is C24H28ClNO4S. The Kier molecular flexibility index (Phi) is 8.81. The Morgan fingerprint density at radius 2 is 1.94 bits per heavy atom. The predicted molar refractivity (Wildman–Crippen MR) is 124 cm³/mol. The molecule has 0 N–H and O–H groups in total. The van der Waals surface area contributed by atoms with E-state index < -0.39 is 12.1 Å². The minimum absolute atomic E-state index is 0.0194. The van der Waals surface area contributed by atoms with Gasteiger partial charge in [0.1, 0.15) is 6.10 Å². The number of nitrogens with zero attached hydrogens (tertiary/aromatic N) is 1. The van der Waals surface area contributed by atoms with E-state index in [2.05, 4.69) is 19.1 Å². The van der Waals surface area contributed by atoms with E-state index in [0.717, 1.165) is 23.5 Å². The molecule has 0 radical (unpaired) electrons. The molecule has 3 unspecified atom stereocenters. The Hall–Kier alpha value is -2.02. The van der Waals surface area contributed by atoms with Gasteiger partial charge in [0.2, 0.25) is 0 Å². The van der Waals surface area contributed by atoms with Crippen LogP contribution in [0.3, 0.4) is 0 Å². The van der Waals surface area contributed by atoms with Crippen LogP contribution in [-0.4, -0.2) is 48.4 Å². The third-order valence-corrected chi connectivity index (χ3v) is 6.85. The molecule has 1 fully saturated rings. The Bertz CT molecular complexity index is 862. The summed E-state index contributed by atoms with van der Waals surface area (Å²) in [6, 6.07) is 17.6. The van der Waals surface area contributed by atoms with Crippen LogP contribution in [0.2, 0.25) is 5.02 Å². The zero-order valence-corrected chi connectivity index (χ0v) is 19.4. The quantitative estimate of drug-likeness (QED) is 0.498. The van der Waals surface area contributed by atoms with Gasteiger partial charge in [0.05, 0.1) is 26.2 Å². The van der Waals surface area contributed by atoms with Crippen LogP contribution < -0.4 is 0 Å². The van der Waals surface area contributed by atoms with E-state index in [4.69, 9.17) is 21.1 Å². The van der Waals surface area contributed by atoms with Gasteiger partial charge in [0.25, 0.3) is 5.91 Å². The maximum Gasteiger partial charge on any atom is 0.308 e. The normalized spacial score (nSPS) is 19.8. The van der Waals surface area contributed by atoms with Crippen LogP contribution in [-0.2, 0) is 24.8 Å². The van der Waals surface area contributed by atoms with E-state index in [9.17, 15) is 9.59 Å². The van der Waals surface area contributed by atoms with Crippen LogP contribution in [0.25, 0.3) is 0 Å². The molecule has 2 aromatic carbocycles. The van der Waals surface area contributed by atoms with Crippen molar-refractivity contribution in [2.45, 2.75) is 43.7 Å². The van der Waals surface area contributed by atoms with Crippen molar-refractivity contribution in [1.29, 1.82) is 0 Å². The summed E-state index contributed by atoms with van der Waals surface area (Å²) in [5.74, 6) is 1.07. The first kappa shape index (κ1) is 23.6. The van der Waals surface area contributed by atoms with Crippen LogP contribution in [0.15, 0.2) is 54.6 Å². The highest BCUT2D eigenvalue weighted by Crippen LogP contribution is 2.33. The topological polar surface area (TPSA) is 55.8 Å². The summed E-state index contributed by atoms with van der Waals surface area (Å²) in [6.45, 7) is 2.42. The fraction of sp³-hybridized carbons (Fsp3) is 0.417. The molecule has 31 heavy (non-hydrogen) atoms. The van der Waals surface area contributed by atoms with Crippen molar-refractivity contribution >= 4 is 35.2 Å². The molecule has 0 spiro atoms. The zero-order chi connectivity index (χ0) is 22.2. The summed E-state index contributed by atoms with van der Waals surface area (Å²) < 4.78 is 10.6. The van der Waals surface area contributed by atoms with Crippen LogP contribution in [0, 0.1) is 0 Å². The lowest BCUT2D eigenvalue weighted by atomic mass is 9.99. The third kappa shape index (κ3) is 6.25. The summed E-state index contributed by atoms with van der Waals surface area (Å²) in [5, 5.41) is 0.646. The smallest absolute Gasteiger partial charge is 0.308 e. The van der Waals surface area contributed by atoms with Gasteiger partial charge in [-0.2, -0.15) is 11.8 Å². The molecule has 0 aromatic heterocycles. The molecule has 0 aliphatic carbocycles. The number of methoxy groups -OCH3 is 1. The SMILES string of the molecule is CCC(CSCc1ccccc1)N1C(=O)C(CC(=O)OC)OCC1c1ccc(Cl)cc1. The number of morpholine rings is 1. The highest BCUT2D eigenvalue weighted by Gasteiger charge is 2.41. The van der Waals surface area contributed by atoms with Gasteiger partial charge in [-0.1, -0.05) is 61.0 Å². The fourth-order valence-corrected chi connectivity index (χ4v) is 5.06. The molecule has 2 aromatic rings. The molecule has 1 aliphatic rings. The lowest BCUT2D eigenvalue weighted by Crippen LogP contribution is -2.55. The van der Waals surface area contributed by atoms with Crippen molar-refractivity contribution in [3.8, 4) is 0 Å². The molecule has 1 aliphatic heterocycles. The number of hydrogen-bond acceptors (Lipinski definition) is 5. The first-order chi connectivity index (χ1) is 15.0. The van der Waals surface area contributed by atoms with E-state index in [1.54, 1.807) is 11.8 Å². The molecule has 1 saturated heterocycles. The van der Waals surface area contributed by atoms with Gasteiger partial charge in [0.15, 0.2) is 0 Å². The summed E-state index contributed by atoms with van der Waals surface area (Å²) >= 11 is 7.87. The van der Waals surface area contributed by atoms with E-state index in [1.807, 2.05) is 47.4 Å². The monoisotopic (exact) mass is 461 g/mol. The second-order valence-electron chi connectivity index (χ2n) is 7.48. The summed E-state index contributed by atoms with van der Waals surface area (Å²) in [4.78, 5) is 27.1. The van der Waals surface area contributed by atoms with E-state index in [-0.39, 0.29) is 24.4 Å². The maximum absolute atomic E-state index is 13.4. The van der Waals surface area contributed by atoms with Gasteiger partial charge in [-0.25, -0.2) is 0 Å². The average Bonchev–Trinajstić information content (AvgIpc) is 2.79. The molecule has 1 amide bonds. The Labute approximate surface area is 193 Å². The minimum Gasteiger partial charge on any atom is -0.469 e. The number of carbonyl (C=O) groups excluding carboxylic acids is 2.